The lowest BCUT2D eigenvalue weighted by Gasteiger charge is -2.39. The third-order valence-electron chi connectivity index (χ3n) is 4.42. The van der Waals surface area contributed by atoms with Crippen molar-refractivity contribution in [2.24, 2.45) is 5.73 Å². The Morgan fingerprint density at radius 2 is 1.95 bits per heavy atom. The average Bonchev–Trinajstić information content (AvgIpc) is 3.27. The van der Waals surface area contributed by atoms with Gasteiger partial charge in [-0.05, 0) is 26.9 Å². The normalized spacial score (nSPS) is 22.5. The Hall–Kier alpha value is -0.690. The highest BCUT2D eigenvalue weighted by atomic mass is 16.1. The molecule has 21 heavy (non-hydrogen) atoms. The van der Waals surface area contributed by atoms with Crippen molar-refractivity contribution in [2.45, 2.75) is 31.3 Å². The minimum Gasteiger partial charge on any atom is -0.353 e. The van der Waals surface area contributed by atoms with Crippen LogP contribution in [0.1, 0.15) is 19.3 Å². The fraction of sp³-hybridized carbons (Fsp3) is 0.933. The molecule has 0 aromatic carbocycles. The van der Waals surface area contributed by atoms with Crippen LogP contribution in [0.25, 0.3) is 0 Å². The number of rotatable bonds is 8. The number of nitrogens with one attached hydrogen (secondary N) is 1. The minimum absolute atomic E-state index is 0.169. The third-order valence-corrected chi connectivity index (χ3v) is 4.42. The van der Waals surface area contributed by atoms with Crippen LogP contribution in [0.2, 0.25) is 0 Å². The van der Waals surface area contributed by atoms with Crippen molar-refractivity contribution in [3.05, 3.63) is 0 Å². The van der Waals surface area contributed by atoms with Crippen molar-refractivity contribution in [2.75, 3.05) is 59.9 Å². The molecule has 2 rings (SSSR count). The number of hydrogen-bond donors (Lipinski definition) is 2. The molecule has 3 N–H and O–H groups in total. The van der Waals surface area contributed by atoms with Gasteiger partial charge in [0.15, 0.2) is 0 Å². The number of carbonyl (C=O) groups is 1. The van der Waals surface area contributed by atoms with E-state index in [1.807, 2.05) is 0 Å². The summed E-state index contributed by atoms with van der Waals surface area (Å²) in [5, 5.41) is 3.06. The van der Waals surface area contributed by atoms with Crippen LogP contribution >= 0.6 is 0 Å². The monoisotopic (exact) mass is 297 g/mol. The molecule has 1 unspecified atom stereocenters. The number of piperazine rings is 1. The molecule has 0 aromatic heterocycles. The number of hydrogen-bond acceptors (Lipinski definition) is 5. The lowest BCUT2D eigenvalue weighted by Crippen LogP contribution is -2.54. The summed E-state index contributed by atoms with van der Waals surface area (Å²) in [6, 6.07) is 0.638. The van der Waals surface area contributed by atoms with Gasteiger partial charge in [-0.2, -0.15) is 0 Å². The average molecular weight is 297 g/mol. The summed E-state index contributed by atoms with van der Waals surface area (Å²) < 4.78 is 0. The summed E-state index contributed by atoms with van der Waals surface area (Å²) in [6.45, 7) is 6.98. The molecule has 0 spiro atoms. The first-order chi connectivity index (χ1) is 10.1. The summed E-state index contributed by atoms with van der Waals surface area (Å²) >= 11 is 0. The minimum atomic E-state index is 0.169. The Kier molecular flexibility index (Phi) is 6.41. The Bertz CT molecular complexity index is 324. The predicted octanol–water partition coefficient (Wildman–Crippen LogP) is -0.838. The second-order valence-corrected chi connectivity index (χ2v) is 6.62. The Morgan fingerprint density at radius 1 is 1.29 bits per heavy atom. The van der Waals surface area contributed by atoms with Crippen LogP contribution in [0.5, 0.6) is 0 Å². The van der Waals surface area contributed by atoms with Crippen molar-refractivity contribution in [1.82, 2.24) is 20.0 Å². The molecule has 1 aliphatic carbocycles. The molecule has 6 heteroatoms. The molecule has 122 valence electrons. The molecule has 6 nitrogen and oxygen atoms in total. The van der Waals surface area contributed by atoms with Gasteiger partial charge in [-0.3, -0.25) is 14.6 Å². The Balaban J connectivity index is 1.69. The van der Waals surface area contributed by atoms with Crippen molar-refractivity contribution in [3.63, 3.8) is 0 Å². The predicted molar refractivity (Wildman–Crippen MR) is 85.2 cm³/mol. The molecule has 1 atom stereocenters. The van der Waals surface area contributed by atoms with E-state index in [0.717, 1.165) is 52.1 Å². The van der Waals surface area contributed by atoms with Crippen LogP contribution in [0.3, 0.4) is 0 Å². The van der Waals surface area contributed by atoms with E-state index < -0.39 is 0 Å². The molecule has 1 aliphatic heterocycles. The molecule has 0 aromatic rings. The van der Waals surface area contributed by atoms with E-state index in [1.54, 1.807) is 0 Å². The summed E-state index contributed by atoms with van der Waals surface area (Å²) in [7, 11) is 4.22. The molecule has 1 amide bonds. The highest BCUT2D eigenvalue weighted by Gasteiger charge is 2.27. The van der Waals surface area contributed by atoms with E-state index >= 15 is 0 Å². The SMILES string of the molecule is CN(C)CCN1CCN(C(CN)CC(=O)NC2CC2)CC1. The van der Waals surface area contributed by atoms with Gasteiger partial charge >= 0.3 is 0 Å². The lowest BCUT2D eigenvalue weighted by molar-refractivity contribution is -0.122. The smallest absolute Gasteiger partial charge is 0.221 e. The van der Waals surface area contributed by atoms with Crippen LogP contribution in [0, 0.1) is 0 Å². The second-order valence-electron chi connectivity index (χ2n) is 6.62. The Morgan fingerprint density at radius 3 is 2.48 bits per heavy atom. The van der Waals surface area contributed by atoms with Gasteiger partial charge in [0.2, 0.25) is 5.91 Å². The van der Waals surface area contributed by atoms with Crippen molar-refractivity contribution in [3.8, 4) is 0 Å². The van der Waals surface area contributed by atoms with E-state index in [1.165, 1.54) is 0 Å². The van der Waals surface area contributed by atoms with Gasteiger partial charge in [0.25, 0.3) is 0 Å². The fourth-order valence-corrected chi connectivity index (χ4v) is 2.78. The van der Waals surface area contributed by atoms with Gasteiger partial charge in [-0.1, -0.05) is 0 Å². The molecule has 0 radical (unpaired) electrons. The third kappa shape index (κ3) is 5.90. The van der Waals surface area contributed by atoms with Gasteiger partial charge < -0.3 is 16.0 Å². The van der Waals surface area contributed by atoms with Crippen LogP contribution in [0.15, 0.2) is 0 Å². The van der Waals surface area contributed by atoms with Gasteiger partial charge in [0.05, 0.1) is 0 Å². The van der Waals surface area contributed by atoms with Gasteiger partial charge in [0, 0.05) is 64.3 Å². The van der Waals surface area contributed by atoms with Crippen molar-refractivity contribution in [1.29, 1.82) is 0 Å². The van der Waals surface area contributed by atoms with Gasteiger partial charge in [-0.25, -0.2) is 0 Å². The molecule has 2 aliphatic rings. The number of nitrogens with two attached hydrogens (primary N) is 1. The van der Waals surface area contributed by atoms with Gasteiger partial charge in [-0.15, -0.1) is 0 Å². The zero-order chi connectivity index (χ0) is 15.2. The van der Waals surface area contributed by atoms with E-state index in [9.17, 15) is 4.79 Å². The number of nitrogens with zero attached hydrogens (tertiary/aromatic N) is 3. The molecular formula is C15H31N5O. The fourth-order valence-electron chi connectivity index (χ4n) is 2.78. The zero-order valence-electron chi connectivity index (χ0n) is 13.6. The largest absolute Gasteiger partial charge is 0.353 e. The van der Waals surface area contributed by atoms with Crippen molar-refractivity contribution < 1.29 is 4.79 Å². The second kappa shape index (κ2) is 8.08. The van der Waals surface area contributed by atoms with Crippen LogP contribution < -0.4 is 11.1 Å². The highest BCUT2D eigenvalue weighted by Crippen LogP contribution is 2.19. The summed E-state index contributed by atoms with van der Waals surface area (Å²) in [5.41, 5.74) is 5.89. The Labute approximate surface area is 128 Å². The number of likely N-dealkylation sites (N-methyl/N-ethyl adjacent to an activating group) is 1. The van der Waals surface area contributed by atoms with Crippen LogP contribution in [0.4, 0.5) is 0 Å². The maximum Gasteiger partial charge on any atom is 0.221 e. The zero-order valence-corrected chi connectivity index (χ0v) is 13.6. The quantitative estimate of drug-likeness (QED) is 0.612. The first-order valence-corrected chi connectivity index (χ1v) is 8.19. The van der Waals surface area contributed by atoms with E-state index in [0.29, 0.717) is 19.0 Å². The van der Waals surface area contributed by atoms with Crippen LogP contribution in [-0.2, 0) is 4.79 Å². The molecule has 0 bridgehead atoms. The number of amides is 1. The maximum atomic E-state index is 11.9. The molecule has 2 fully saturated rings. The molecular weight excluding hydrogens is 266 g/mol. The van der Waals surface area contributed by atoms with Gasteiger partial charge in [0.1, 0.15) is 0 Å². The summed E-state index contributed by atoms with van der Waals surface area (Å²) in [5.74, 6) is 0.169. The molecule has 1 saturated carbocycles. The van der Waals surface area contributed by atoms with E-state index in [2.05, 4.69) is 34.1 Å². The summed E-state index contributed by atoms with van der Waals surface area (Å²) in [4.78, 5) is 19.0. The van der Waals surface area contributed by atoms with Crippen LogP contribution in [-0.4, -0.2) is 92.6 Å². The summed E-state index contributed by atoms with van der Waals surface area (Å²) in [6.07, 6.45) is 2.83. The van der Waals surface area contributed by atoms with Crippen molar-refractivity contribution >= 4 is 5.91 Å². The van der Waals surface area contributed by atoms with E-state index in [4.69, 9.17) is 5.73 Å². The first-order valence-electron chi connectivity index (χ1n) is 8.19. The molecule has 1 saturated heterocycles. The lowest BCUT2D eigenvalue weighted by atomic mass is 10.1. The van der Waals surface area contributed by atoms with E-state index in [-0.39, 0.29) is 11.9 Å². The first kappa shape index (κ1) is 16.7. The standard InChI is InChI=1S/C15H31N5O/c1-18(2)5-6-19-7-9-20(10-8-19)14(12-16)11-15(21)17-13-3-4-13/h13-14H,3-12,16H2,1-2H3,(H,17,21). The number of carbonyl (C=O) groups excluding carboxylic acids is 1. The molecule has 1 heterocycles. The topological polar surface area (TPSA) is 64.8 Å². The maximum absolute atomic E-state index is 11.9. The highest BCUT2D eigenvalue weighted by molar-refractivity contribution is 5.77.